The van der Waals surface area contributed by atoms with Crippen LogP contribution in [0.3, 0.4) is 0 Å². The van der Waals surface area contributed by atoms with Crippen molar-refractivity contribution < 1.29 is 9.18 Å². The Hall–Kier alpha value is -2.20. The summed E-state index contributed by atoms with van der Waals surface area (Å²) in [4.78, 5) is 14.2. The second-order valence-corrected chi connectivity index (χ2v) is 6.14. The van der Waals surface area contributed by atoms with Gasteiger partial charge in [-0.3, -0.25) is 4.79 Å². The minimum atomic E-state index is -0.465. The summed E-state index contributed by atoms with van der Waals surface area (Å²) in [7, 11) is 0. The van der Waals surface area contributed by atoms with Crippen molar-refractivity contribution in [2.24, 2.45) is 11.7 Å². The summed E-state index contributed by atoms with van der Waals surface area (Å²) < 4.78 is 13.9. The molecule has 1 heterocycles. The fraction of sp³-hybridized carbons (Fsp3) is 0.316. The Morgan fingerprint density at radius 3 is 2.48 bits per heavy atom. The van der Waals surface area contributed by atoms with Crippen molar-refractivity contribution in [2.45, 2.75) is 25.4 Å². The highest BCUT2D eigenvalue weighted by Gasteiger charge is 2.37. The van der Waals surface area contributed by atoms with E-state index >= 15 is 0 Å². The predicted molar refractivity (Wildman–Crippen MR) is 88.0 cm³/mol. The molecule has 0 aromatic heterocycles. The number of halogens is 1. The van der Waals surface area contributed by atoms with Crippen molar-refractivity contribution >= 4 is 5.91 Å². The SMILES string of the molecule is C[C@@H](c1ccccc1)N1CC(C(N)c2ccccc2F)CC1=O. The Morgan fingerprint density at radius 2 is 1.78 bits per heavy atom. The number of carbonyl (C=O) groups is 1. The molecule has 3 rings (SSSR count). The van der Waals surface area contributed by atoms with Crippen LogP contribution in [0.25, 0.3) is 0 Å². The standard InChI is InChI=1S/C19H21FN2O/c1-13(14-7-3-2-4-8-14)22-12-15(11-18(22)23)19(21)16-9-5-6-10-17(16)20/h2-10,13,15,19H,11-12,21H2,1H3/t13-,15?,19?/m0/s1. The van der Waals surface area contributed by atoms with E-state index in [1.807, 2.05) is 42.2 Å². The second-order valence-electron chi connectivity index (χ2n) is 6.14. The molecule has 4 heteroatoms. The van der Waals surface area contributed by atoms with Gasteiger partial charge in [0.25, 0.3) is 0 Å². The number of nitrogens with two attached hydrogens (primary N) is 1. The molecule has 0 saturated carbocycles. The normalized spacial score (nSPS) is 20.6. The number of amides is 1. The lowest BCUT2D eigenvalue weighted by molar-refractivity contribution is -0.129. The molecule has 23 heavy (non-hydrogen) atoms. The molecule has 120 valence electrons. The third-order valence-electron chi connectivity index (χ3n) is 4.71. The molecule has 0 bridgehead atoms. The molecule has 2 unspecified atom stereocenters. The average molecular weight is 312 g/mol. The Labute approximate surface area is 135 Å². The van der Waals surface area contributed by atoms with Gasteiger partial charge < -0.3 is 10.6 Å². The Morgan fingerprint density at radius 1 is 1.13 bits per heavy atom. The third kappa shape index (κ3) is 3.13. The van der Waals surface area contributed by atoms with Gasteiger partial charge in [-0.15, -0.1) is 0 Å². The van der Waals surface area contributed by atoms with Gasteiger partial charge in [0.05, 0.1) is 6.04 Å². The molecule has 1 aliphatic heterocycles. The Bertz CT molecular complexity index is 689. The topological polar surface area (TPSA) is 46.3 Å². The van der Waals surface area contributed by atoms with Gasteiger partial charge in [0, 0.05) is 30.5 Å². The highest BCUT2D eigenvalue weighted by Crippen LogP contribution is 2.34. The van der Waals surface area contributed by atoms with Gasteiger partial charge in [0.2, 0.25) is 5.91 Å². The van der Waals surface area contributed by atoms with E-state index in [1.54, 1.807) is 18.2 Å². The molecule has 3 atom stereocenters. The van der Waals surface area contributed by atoms with E-state index in [9.17, 15) is 9.18 Å². The van der Waals surface area contributed by atoms with Gasteiger partial charge in [-0.25, -0.2) is 4.39 Å². The van der Waals surface area contributed by atoms with Gasteiger partial charge in [0.15, 0.2) is 0 Å². The summed E-state index contributed by atoms with van der Waals surface area (Å²) in [6.07, 6.45) is 0.368. The van der Waals surface area contributed by atoms with Crippen LogP contribution in [0.4, 0.5) is 4.39 Å². The molecule has 3 nitrogen and oxygen atoms in total. The zero-order valence-corrected chi connectivity index (χ0v) is 13.2. The van der Waals surface area contributed by atoms with E-state index in [0.29, 0.717) is 18.5 Å². The van der Waals surface area contributed by atoms with Gasteiger partial charge in [-0.1, -0.05) is 48.5 Å². The molecule has 0 aliphatic carbocycles. The van der Waals surface area contributed by atoms with Crippen LogP contribution in [0, 0.1) is 11.7 Å². The van der Waals surface area contributed by atoms with Gasteiger partial charge in [0.1, 0.15) is 5.82 Å². The maximum Gasteiger partial charge on any atom is 0.223 e. The van der Waals surface area contributed by atoms with Crippen LogP contribution >= 0.6 is 0 Å². The van der Waals surface area contributed by atoms with Gasteiger partial charge >= 0.3 is 0 Å². The molecule has 0 radical (unpaired) electrons. The van der Waals surface area contributed by atoms with Crippen LogP contribution in [0.5, 0.6) is 0 Å². The number of hydrogen-bond acceptors (Lipinski definition) is 2. The first-order chi connectivity index (χ1) is 11.1. The molecular weight excluding hydrogens is 291 g/mol. The van der Waals surface area contributed by atoms with Crippen molar-refractivity contribution in [3.63, 3.8) is 0 Å². The van der Waals surface area contributed by atoms with Crippen molar-refractivity contribution in [3.8, 4) is 0 Å². The number of rotatable bonds is 4. The van der Waals surface area contributed by atoms with E-state index < -0.39 is 6.04 Å². The molecule has 1 saturated heterocycles. The van der Waals surface area contributed by atoms with Crippen LogP contribution in [0.15, 0.2) is 54.6 Å². The zero-order valence-electron chi connectivity index (χ0n) is 13.2. The van der Waals surface area contributed by atoms with Crippen LogP contribution in [-0.4, -0.2) is 17.4 Å². The summed E-state index contributed by atoms with van der Waals surface area (Å²) >= 11 is 0. The zero-order chi connectivity index (χ0) is 16.4. The van der Waals surface area contributed by atoms with Crippen LogP contribution in [0.1, 0.15) is 36.6 Å². The fourth-order valence-electron chi connectivity index (χ4n) is 3.29. The molecule has 2 aromatic carbocycles. The van der Waals surface area contributed by atoms with Crippen molar-refractivity contribution in [1.82, 2.24) is 4.90 Å². The second kappa shape index (κ2) is 6.50. The maximum absolute atomic E-state index is 13.9. The van der Waals surface area contributed by atoms with Crippen molar-refractivity contribution in [1.29, 1.82) is 0 Å². The summed E-state index contributed by atoms with van der Waals surface area (Å²) in [6, 6.07) is 16.0. The summed E-state index contributed by atoms with van der Waals surface area (Å²) in [5.41, 5.74) is 7.83. The van der Waals surface area contributed by atoms with Crippen LogP contribution < -0.4 is 5.73 Å². The third-order valence-corrected chi connectivity index (χ3v) is 4.71. The molecule has 1 fully saturated rings. The first-order valence-corrected chi connectivity index (χ1v) is 7.92. The molecule has 2 N–H and O–H groups in total. The lowest BCUT2D eigenvalue weighted by Gasteiger charge is -2.26. The summed E-state index contributed by atoms with van der Waals surface area (Å²) in [5, 5.41) is 0. The highest BCUT2D eigenvalue weighted by molar-refractivity contribution is 5.79. The molecule has 0 spiro atoms. The van der Waals surface area contributed by atoms with Gasteiger partial charge in [-0.2, -0.15) is 0 Å². The summed E-state index contributed by atoms with van der Waals surface area (Å²) in [5.74, 6) is -0.286. The van der Waals surface area contributed by atoms with E-state index in [4.69, 9.17) is 5.73 Å². The number of carbonyl (C=O) groups excluding carboxylic acids is 1. The Kier molecular flexibility index (Phi) is 4.44. The van der Waals surface area contributed by atoms with E-state index in [1.165, 1.54) is 6.07 Å². The predicted octanol–water partition coefficient (Wildman–Crippen LogP) is 3.44. The monoisotopic (exact) mass is 312 g/mol. The lowest BCUT2D eigenvalue weighted by atomic mass is 9.92. The smallest absolute Gasteiger partial charge is 0.223 e. The minimum absolute atomic E-state index is 0.00141. The van der Waals surface area contributed by atoms with Crippen molar-refractivity contribution in [2.75, 3.05) is 6.54 Å². The molecule has 1 amide bonds. The molecule has 2 aromatic rings. The van der Waals surface area contributed by atoms with Crippen LogP contribution in [0.2, 0.25) is 0 Å². The Balaban J connectivity index is 1.76. The quantitative estimate of drug-likeness (QED) is 0.940. The van der Waals surface area contributed by atoms with Crippen LogP contribution in [-0.2, 0) is 4.79 Å². The van der Waals surface area contributed by atoms with Gasteiger partial charge in [-0.05, 0) is 18.6 Å². The first kappa shape index (κ1) is 15.7. The largest absolute Gasteiger partial charge is 0.336 e. The first-order valence-electron chi connectivity index (χ1n) is 7.92. The number of benzene rings is 2. The van der Waals surface area contributed by atoms with E-state index in [2.05, 4.69) is 0 Å². The minimum Gasteiger partial charge on any atom is -0.336 e. The van der Waals surface area contributed by atoms with E-state index in [0.717, 1.165) is 5.56 Å². The maximum atomic E-state index is 13.9. The number of likely N-dealkylation sites (tertiary alicyclic amines) is 1. The number of nitrogens with zero attached hydrogens (tertiary/aromatic N) is 1. The number of hydrogen-bond donors (Lipinski definition) is 1. The average Bonchev–Trinajstić information content (AvgIpc) is 2.96. The molecular formula is C19H21FN2O. The van der Waals surface area contributed by atoms with Crippen molar-refractivity contribution in [3.05, 3.63) is 71.5 Å². The molecule has 1 aliphatic rings. The fourth-order valence-corrected chi connectivity index (χ4v) is 3.29. The highest BCUT2D eigenvalue weighted by atomic mass is 19.1. The van der Waals surface area contributed by atoms with E-state index in [-0.39, 0.29) is 23.7 Å². The lowest BCUT2D eigenvalue weighted by Crippen LogP contribution is -2.30. The summed E-state index contributed by atoms with van der Waals surface area (Å²) in [6.45, 7) is 2.58.